The van der Waals surface area contributed by atoms with Crippen molar-refractivity contribution in [2.45, 2.75) is 26.5 Å². The molecule has 0 aliphatic rings. The molecule has 0 fully saturated rings. The van der Waals surface area contributed by atoms with Crippen LogP contribution in [0.1, 0.15) is 24.2 Å². The van der Waals surface area contributed by atoms with E-state index in [0.717, 1.165) is 0 Å². The lowest BCUT2D eigenvalue weighted by molar-refractivity contribution is -0.684. The fourth-order valence-electron chi connectivity index (χ4n) is 6.57. The number of halogens is 20. The van der Waals surface area contributed by atoms with E-state index in [-0.39, 0.29) is 18.4 Å². The number of hydrogen-bond acceptors (Lipinski definition) is 3. The Morgan fingerprint density at radius 3 is 1.05 bits per heavy atom. The van der Waals surface area contributed by atoms with Crippen LogP contribution >= 0.6 is 0 Å². The molecule has 0 amide bonds. The number of ether oxygens (including phenoxy) is 1. The first-order valence-electron chi connectivity index (χ1n) is 17.2. The highest BCUT2D eigenvalue weighted by Crippen LogP contribution is 2.30. The van der Waals surface area contributed by atoms with E-state index in [9.17, 15) is 57.5 Å². The van der Waals surface area contributed by atoms with E-state index in [1.807, 2.05) is 44.2 Å². The van der Waals surface area contributed by atoms with Gasteiger partial charge in [-0.1, -0.05) is 30.3 Å². The number of aromatic nitrogens is 2. The third-order valence-electron chi connectivity index (χ3n) is 9.22. The molecule has 1 aromatic heterocycles. The highest BCUT2D eigenvalue weighted by molar-refractivity contribution is 7.20. The Morgan fingerprint density at radius 1 is 0.484 bits per heavy atom. The zero-order chi connectivity index (χ0) is 48.0. The van der Waals surface area contributed by atoms with Crippen molar-refractivity contribution in [2.75, 3.05) is 0 Å². The van der Waals surface area contributed by atoms with E-state index in [2.05, 4.69) is 4.98 Å². The van der Waals surface area contributed by atoms with Gasteiger partial charge in [-0.25, -0.2) is 92.8 Å². The standard InChI is InChI=1S/C24BF20.C15H17N2O2/c26-5-1(6(27)14(35)21(42)13(5)34)25(2-7(28)15(36)22(43)16(37)8(2)29,3-9(30)17(38)23(44)18(39)10(3)31)4-11(32)19(40)24(45)20(41)12(4)33;1-12(2)19-15-11-17(9-8-16-15)10-14(18)13-6-4-3-5-7-13/h;3-9,11-12H,10H2,1-2H3/q-1;+1. The number of hydrogen-bond donors (Lipinski definition) is 0. The summed E-state index contributed by atoms with van der Waals surface area (Å²) < 4.78 is 301. The van der Waals surface area contributed by atoms with Crippen LogP contribution < -0.4 is 31.2 Å². The van der Waals surface area contributed by atoms with Crippen molar-refractivity contribution in [3.8, 4) is 5.88 Å². The summed E-state index contributed by atoms with van der Waals surface area (Å²) in [5.74, 6) is -70.8. The average Bonchev–Trinajstić information content (AvgIpc) is 3.26. The van der Waals surface area contributed by atoms with Crippen molar-refractivity contribution in [3.05, 3.63) is 171 Å². The van der Waals surface area contributed by atoms with Gasteiger partial charge in [0.25, 0.3) is 5.88 Å². The first kappa shape index (κ1) is 48.3. The molecule has 338 valence electrons. The molecule has 1 heterocycles. The average molecular weight is 936 g/mol. The fourth-order valence-corrected chi connectivity index (χ4v) is 6.57. The summed E-state index contributed by atoms with van der Waals surface area (Å²) in [6.45, 7) is 4.16. The molecule has 0 saturated carbocycles. The summed E-state index contributed by atoms with van der Waals surface area (Å²) in [5.41, 5.74) is -13.6. The smallest absolute Gasteiger partial charge is 0.280 e. The summed E-state index contributed by atoms with van der Waals surface area (Å²) in [4.78, 5) is 16.2. The Balaban J connectivity index is 0.000000337. The molecule has 0 unspecified atom stereocenters. The quantitative estimate of drug-likeness (QED) is 0.0371. The van der Waals surface area contributed by atoms with Gasteiger partial charge in [0.2, 0.25) is 18.5 Å². The molecular formula is C39H17BF20N2O2. The van der Waals surface area contributed by atoms with E-state index in [0.29, 0.717) is 11.4 Å². The maximum atomic E-state index is 15.4. The van der Waals surface area contributed by atoms with Gasteiger partial charge >= 0.3 is 0 Å². The highest BCUT2D eigenvalue weighted by atomic mass is 19.2. The molecule has 0 aliphatic heterocycles. The van der Waals surface area contributed by atoms with Gasteiger partial charge in [-0.05, 0) is 13.8 Å². The molecule has 0 bridgehead atoms. The minimum Gasteiger partial charge on any atom is -0.471 e. The van der Waals surface area contributed by atoms with Gasteiger partial charge in [0.1, 0.15) is 52.7 Å². The van der Waals surface area contributed by atoms with Crippen molar-refractivity contribution < 1.29 is 102 Å². The molecule has 0 spiro atoms. The van der Waals surface area contributed by atoms with Crippen LogP contribution in [-0.2, 0) is 6.54 Å². The normalized spacial score (nSPS) is 11.5. The van der Waals surface area contributed by atoms with E-state index >= 15 is 35.1 Å². The van der Waals surface area contributed by atoms with Crippen molar-refractivity contribution in [1.82, 2.24) is 4.98 Å². The van der Waals surface area contributed by atoms with Gasteiger partial charge < -0.3 is 4.74 Å². The Morgan fingerprint density at radius 2 is 0.766 bits per heavy atom. The Labute approximate surface area is 343 Å². The number of carbonyl (C=O) groups excluding carboxylic acids is 1. The van der Waals surface area contributed by atoms with Crippen molar-refractivity contribution in [1.29, 1.82) is 0 Å². The minimum atomic E-state index is -7.22. The molecule has 64 heavy (non-hydrogen) atoms. The SMILES string of the molecule is CC(C)Oc1c[n+](CC(=O)c2ccccc2)ccn1.Fc1c(F)c(F)c([B-](c2c(F)c(F)c(F)c(F)c2F)(c2c(F)c(F)c(F)c(F)c2F)c2c(F)c(F)c(F)c(F)c2F)c(F)c1F. The molecule has 4 nitrogen and oxygen atoms in total. The largest absolute Gasteiger partial charge is 0.471 e. The summed E-state index contributed by atoms with van der Waals surface area (Å²) in [6.07, 6.45) is -2.02. The maximum absolute atomic E-state index is 15.4. The van der Waals surface area contributed by atoms with Crippen LogP contribution in [0, 0.1) is 116 Å². The highest BCUT2D eigenvalue weighted by Gasteiger charge is 2.52. The molecule has 0 atom stereocenters. The van der Waals surface area contributed by atoms with E-state index in [1.54, 1.807) is 23.2 Å². The number of nitrogens with zero attached hydrogens (tertiary/aromatic N) is 2. The Bertz CT molecular complexity index is 2460. The van der Waals surface area contributed by atoms with Gasteiger partial charge in [0.05, 0.1) is 12.3 Å². The van der Waals surface area contributed by atoms with Gasteiger partial charge in [0.15, 0.2) is 76.0 Å². The molecule has 0 N–H and O–H groups in total. The topological polar surface area (TPSA) is 43.1 Å². The van der Waals surface area contributed by atoms with Crippen LogP contribution in [-0.4, -0.2) is 23.0 Å². The van der Waals surface area contributed by atoms with Crippen molar-refractivity contribution in [2.24, 2.45) is 0 Å². The summed E-state index contributed by atoms with van der Waals surface area (Å²) >= 11 is 0. The van der Waals surface area contributed by atoms with Crippen LogP contribution in [0.25, 0.3) is 0 Å². The number of ketones is 1. The first-order valence-corrected chi connectivity index (χ1v) is 17.2. The lowest BCUT2D eigenvalue weighted by Gasteiger charge is -2.44. The number of benzene rings is 5. The first-order chi connectivity index (χ1) is 29.8. The second-order valence-corrected chi connectivity index (χ2v) is 13.3. The molecule has 0 radical (unpaired) electrons. The molecule has 5 aromatic carbocycles. The third kappa shape index (κ3) is 7.95. The molecule has 6 rings (SSSR count). The molecule has 6 aromatic rings. The van der Waals surface area contributed by atoms with Gasteiger partial charge in [-0.15, -0.1) is 21.9 Å². The van der Waals surface area contributed by atoms with Gasteiger partial charge in [0, 0.05) is 5.56 Å². The molecular weight excluding hydrogens is 919 g/mol. The number of carbonyl (C=O) groups is 1. The molecule has 0 saturated heterocycles. The van der Waals surface area contributed by atoms with E-state index < -0.39 is 144 Å². The Hall–Kier alpha value is -6.69. The van der Waals surface area contributed by atoms with Crippen molar-refractivity contribution >= 4 is 33.8 Å². The van der Waals surface area contributed by atoms with E-state index in [4.69, 9.17) is 4.74 Å². The minimum absolute atomic E-state index is 0.0623. The fraction of sp³-hybridized carbons (Fsp3) is 0.103. The summed E-state index contributed by atoms with van der Waals surface area (Å²) in [6, 6.07) is 9.24. The maximum Gasteiger partial charge on any atom is 0.280 e. The van der Waals surface area contributed by atoms with Gasteiger partial charge in [-0.3, -0.25) is 4.79 Å². The number of Topliss-reactive ketones (excluding diaryl/α,β-unsaturated/α-hetero) is 1. The summed E-state index contributed by atoms with van der Waals surface area (Å²) in [5, 5.41) is 0. The Kier molecular flexibility index (Phi) is 13.7. The lowest BCUT2D eigenvalue weighted by atomic mass is 9.12. The second-order valence-electron chi connectivity index (χ2n) is 13.3. The molecule has 25 heteroatoms. The van der Waals surface area contributed by atoms with Crippen LogP contribution in [0.5, 0.6) is 5.88 Å². The second kappa shape index (κ2) is 18.2. The zero-order valence-corrected chi connectivity index (χ0v) is 31.3. The van der Waals surface area contributed by atoms with Crippen LogP contribution in [0.4, 0.5) is 87.8 Å². The monoisotopic (exact) mass is 936 g/mol. The summed E-state index contributed by atoms with van der Waals surface area (Å²) in [7, 11) is 0. The van der Waals surface area contributed by atoms with Gasteiger partial charge in [-0.2, -0.15) is 4.57 Å². The zero-order valence-electron chi connectivity index (χ0n) is 31.3. The van der Waals surface area contributed by atoms with Crippen LogP contribution in [0.15, 0.2) is 48.9 Å². The lowest BCUT2D eigenvalue weighted by Crippen LogP contribution is -2.81. The van der Waals surface area contributed by atoms with Crippen LogP contribution in [0.2, 0.25) is 0 Å². The van der Waals surface area contributed by atoms with E-state index in [1.165, 1.54) is 0 Å². The molecule has 0 aliphatic carbocycles. The predicted molar refractivity (Wildman–Crippen MR) is 180 cm³/mol. The third-order valence-corrected chi connectivity index (χ3v) is 9.22. The predicted octanol–water partition coefficient (Wildman–Crippen LogP) is 7.89. The van der Waals surface area contributed by atoms with Crippen molar-refractivity contribution in [3.63, 3.8) is 0 Å². The van der Waals surface area contributed by atoms with Crippen LogP contribution in [0.3, 0.4) is 0 Å². The number of rotatable bonds is 9.